The van der Waals surface area contributed by atoms with E-state index in [9.17, 15) is 13.2 Å². The molecule has 1 fully saturated rings. The van der Waals surface area contributed by atoms with Gasteiger partial charge in [0.25, 0.3) is 5.56 Å². The van der Waals surface area contributed by atoms with Crippen molar-refractivity contribution in [2.45, 2.75) is 32.1 Å². The number of ether oxygens (including phenoxy) is 1. The fraction of sp³-hybridized carbons (Fsp3) is 0.435. The van der Waals surface area contributed by atoms with Crippen molar-refractivity contribution in [3.8, 4) is 22.7 Å². The number of methoxy groups -OCH3 is 1. The van der Waals surface area contributed by atoms with Gasteiger partial charge in [0.05, 0.1) is 12.8 Å². The van der Waals surface area contributed by atoms with Gasteiger partial charge in [-0.2, -0.15) is 14.1 Å². The highest BCUT2D eigenvalue weighted by molar-refractivity contribution is 7.89. The second-order valence-corrected chi connectivity index (χ2v) is 10.2. The molecule has 0 amide bonds. The lowest BCUT2D eigenvalue weighted by atomic mass is 10.1. The summed E-state index contributed by atoms with van der Waals surface area (Å²) in [4.78, 5) is 14.9. The predicted octanol–water partition coefficient (Wildman–Crippen LogP) is 2.23. The molecule has 1 aromatic carbocycles. The molecule has 0 N–H and O–H groups in total. The molecule has 34 heavy (non-hydrogen) atoms. The summed E-state index contributed by atoms with van der Waals surface area (Å²) < 4.78 is 40.4. The van der Waals surface area contributed by atoms with Crippen LogP contribution in [0.3, 0.4) is 0 Å². The molecule has 1 aliphatic heterocycles. The summed E-state index contributed by atoms with van der Waals surface area (Å²) in [6.45, 7) is 8.73. The van der Waals surface area contributed by atoms with Gasteiger partial charge in [-0.25, -0.2) is 8.42 Å². The first kappa shape index (κ1) is 24.1. The van der Waals surface area contributed by atoms with Gasteiger partial charge in [0, 0.05) is 37.8 Å². The molecule has 0 aliphatic carbocycles. The van der Waals surface area contributed by atoms with Gasteiger partial charge < -0.3 is 14.2 Å². The molecular formula is C23H29N5O5S. The maximum absolute atomic E-state index is 13.5. The lowest BCUT2D eigenvalue weighted by Crippen LogP contribution is -2.48. The average Bonchev–Trinajstić information content (AvgIpc) is 3.17. The molecule has 0 spiro atoms. The normalized spacial score (nSPS) is 15.5. The summed E-state index contributed by atoms with van der Waals surface area (Å²) in [5.74, 6) is 0.725. The SMILES string of the molecule is CCCN1CCN(S(=O)(=O)c2cc(-c3ccc(=O)n(-c4c(C)noc4C)n3)ccc2OC)CC1. The van der Waals surface area contributed by atoms with Crippen LogP contribution in [0, 0.1) is 13.8 Å². The third-order valence-electron chi connectivity index (χ3n) is 5.96. The smallest absolute Gasteiger partial charge is 0.271 e. The molecule has 0 radical (unpaired) electrons. The van der Waals surface area contributed by atoms with Crippen LogP contribution in [-0.2, 0) is 10.0 Å². The number of benzene rings is 1. The third-order valence-corrected chi connectivity index (χ3v) is 7.88. The minimum absolute atomic E-state index is 0.0772. The maximum Gasteiger partial charge on any atom is 0.271 e. The minimum Gasteiger partial charge on any atom is -0.495 e. The Kier molecular flexibility index (Phi) is 6.87. The van der Waals surface area contributed by atoms with E-state index in [2.05, 4.69) is 22.1 Å². The number of hydrogen-bond acceptors (Lipinski definition) is 8. The van der Waals surface area contributed by atoms with Crippen LogP contribution in [0.25, 0.3) is 16.9 Å². The van der Waals surface area contributed by atoms with Crippen molar-refractivity contribution >= 4 is 10.0 Å². The number of nitrogens with zero attached hydrogens (tertiary/aromatic N) is 5. The number of hydrogen-bond donors (Lipinski definition) is 0. The first-order valence-corrected chi connectivity index (χ1v) is 12.6. The topological polar surface area (TPSA) is 111 Å². The average molecular weight is 488 g/mol. The van der Waals surface area contributed by atoms with Crippen LogP contribution >= 0.6 is 0 Å². The first-order valence-electron chi connectivity index (χ1n) is 11.2. The van der Waals surface area contributed by atoms with Gasteiger partial charge in [-0.1, -0.05) is 12.1 Å². The van der Waals surface area contributed by atoms with Crippen LogP contribution in [-0.4, -0.2) is 72.4 Å². The number of aromatic nitrogens is 3. The van der Waals surface area contributed by atoms with E-state index in [1.807, 2.05) is 0 Å². The van der Waals surface area contributed by atoms with Gasteiger partial charge in [0.15, 0.2) is 5.76 Å². The number of aryl methyl sites for hydroxylation is 2. The molecule has 10 nitrogen and oxygen atoms in total. The molecule has 0 unspecified atom stereocenters. The van der Waals surface area contributed by atoms with Crippen molar-refractivity contribution in [1.82, 2.24) is 24.1 Å². The Morgan fingerprint density at radius 2 is 1.82 bits per heavy atom. The zero-order chi connectivity index (χ0) is 24.5. The highest BCUT2D eigenvalue weighted by Gasteiger charge is 2.31. The number of sulfonamides is 1. The van der Waals surface area contributed by atoms with Crippen LogP contribution in [0.2, 0.25) is 0 Å². The van der Waals surface area contributed by atoms with Crippen molar-refractivity contribution in [3.63, 3.8) is 0 Å². The summed E-state index contributed by atoms with van der Waals surface area (Å²) in [6.07, 6.45) is 1.03. The highest BCUT2D eigenvalue weighted by atomic mass is 32.2. The van der Waals surface area contributed by atoms with Gasteiger partial charge in [0.2, 0.25) is 10.0 Å². The fourth-order valence-electron chi connectivity index (χ4n) is 4.19. The third kappa shape index (κ3) is 4.50. The molecule has 2 aromatic heterocycles. The van der Waals surface area contributed by atoms with Crippen LogP contribution in [0.1, 0.15) is 24.8 Å². The second-order valence-electron chi connectivity index (χ2n) is 8.25. The Bertz CT molecular complexity index is 1320. The standard InChI is InChI=1S/C23H29N5O5S/c1-5-10-26-11-13-27(14-12-26)34(30,31)21-15-18(6-8-20(21)32-4)19-7-9-22(29)28(24-19)23-16(2)25-33-17(23)3/h6-9,15H,5,10-14H2,1-4H3. The molecule has 0 saturated carbocycles. The zero-order valence-corrected chi connectivity index (χ0v) is 20.6. The van der Waals surface area contributed by atoms with Gasteiger partial charge in [-0.15, -0.1) is 0 Å². The molecule has 0 atom stereocenters. The largest absolute Gasteiger partial charge is 0.495 e. The monoisotopic (exact) mass is 487 g/mol. The van der Waals surface area contributed by atoms with Crippen molar-refractivity contribution in [2.24, 2.45) is 0 Å². The minimum atomic E-state index is -3.79. The van der Waals surface area contributed by atoms with Crippen LogP contribution in [0.15, 0.2) is 44.5 Å². The summed E-state index contributed by atoms with van der Waals surface area (Å²) in [6, 6.07) is 7.85. The summed E-state index contributed by atoms with van der Waals surface area (Å²) in [5, 5.41) is 8.37. The molecule has 3 heterocycles. The van der Waals surface area contributed by atoms with E-state index in [1.165, 1.54) is 22.2 Å². The van der Waals surface area contributed by atoms with E-state index in [-0.39, 0.29) is 16.2 Å². The van der Waals surface area contributed by atoms with E-state index in [0.717, 1.165) is 13.0 Å². The molecule has 1 saturated heterocycles. The first-order chi connectivity index (χ1) is 16.3. The van der Waals surface area contributed by atoms with E-state index in [1.54, 1.807) is 38.1 Å². The Balaban J connectivity index is 1.73. The van der Waals surface area contributed by atoms with E-state index < -0.39 is 10.0 Å². The van der Waals surface area contributed by atoms with E-state index in [4.69, 9.17) is 9.26 Å². The van der Waals surface area contributed by atoms with Gasteiger partial charge >= 0.3 is 0 Å². The lowest BCUT2D eigenvalue weighted by Gasteiger charge is -2.34. The Morgan fingerprint density at radius 3 is 2.44 bits per heavy atom. The summed E-state index contributed by atoms with van der Waals surface area (Å²) in [7, 11) is -2.34. The number of rotatable bonds is 7. The molecule has 182 valence electrons. The van der Waals surface area contributed by atoms with Gasteiger partial charge in [0.1, 0.15) is 22.0 Å². The predicted molar refractivity (Wildman–Crippen MR) is 127 cm³/mol. The zero-order valence-electron chi connectivity index (χ0n) is 19.8. The van der Waals surface area contributed by atoms with E-state index in [0.29, 0.717) is 54.6 Å². The molecule has 11 heteroatoms. The fourth-order valence-corrected chi connectivity index (χ4v) is 5.80. The molecule has 4 rings (SSSR count). The highest BCUT2D eigenvalue weighted by Crippen LogP contribution is 2.32. The Labute approximate surface area is 198 Å². The van der Waals surface area contributed by atoms with Crippen molar-refractivity contribution in [3.05, 3.63) is 52.1 Å². The summed E-state index contributed by atoms with van der Waals surface area (Å²) >= 11 is 0. The molecule has 0 bridgehead atoms. The van der Waals surface area contributed by atoms with Crippen LogP contribution < -0.4 is 10.3 Å². The second kappa shape index (κ2) is 9.69. The molecular weight excluding hydrogens is 458 g/mol. The van der Waals surface area contributed by atoms with Crippen LogP contribution in [0.5, 0.6) is 5.75 Å². The Morgan fingerprint density at radius 1 is 1.09 bits per heavy atom. The van der Waals surface area contributed by atoms with Gasteiger partial charge in [-0.05, 0) is 51.1 Å². The summed E-state index contributed by atoms with van der Waals surface area (Å²) in [5.41, 5.74) is 1.64. The van der Waals surface area contributed by atoms with E-state index >= 15 is 0 Å². The van der Waals surface area contributed by atoms with Gasteiger partial charge in [-0.3, -0.25) is 4.79 Å². The molecule has 3 aromatic rings. The van der Waals surface area contributed by atoms with Crippen LogP contribution in [0.4, 0.5) is 0 Å². The maximum atomic E-state index is 13.5. The Hall–Kier alpha value is -3.02. The number of piperazine rings is 1. The quantitative estimate of drug-likeness (QED) is 0.499. The lowest BCUT2D eigenvalue weighted by molar-refractivity contribution is 0.188. The molecule has 1 aliphatic rings. The van der Waals surface area contributed by atoms with Crippen molar-refractivity contribution in [1.29, 1.82) is 0 Å². The van der Waals surface area contributed by atoms with Crippen molar-refractivity contribution < 1.29 is 17.7 Å². The van der Waals surface area contributed by atoms with Crippen molar-refractivity contribution in [2.75, 3.05) is 39.8 Å².